The van der Waals surface area contributed by atoms with Gasteiger partial charge in [-0.2, -0.15) is 5.10 Å². The van der Waals surface area contributed by atoms with Gasteiger partial charge in [0.1, 0.15) is 17.2 Å². The standard InChI is InChI=1S/C32H36N8O4/c1-19(42)37-7-10-40-22(17-37)13-28(35-40)34-25-11-21(16-36(4)30(25)43)23-5-6-33-29(24(23)18-41)39-9-8-38-26(31(39)44)12-20-14-32(2,3)15-27(20)38/h5-6,11-13,16,41H,7-10,14-15,17-18H2,1-4H3,(H,34,35). The highest BCUT2D eigenvalue weighted by atomic mass is 16.3. The molecule has 0 fully saturated rings. The Labute approximate surface area is 254 Å². The largest absolute Gasteiger partial charge is 0.392 e. The number of aromatic nitrogens is 5. The molecule has 0 saturated carbocycles. The number of nitrogens with zero attached hydrogens (tertiary/aromatic N) is 7. The second kappa shape index (κ2) is 10.2. The summed E-state index contributed by atoms with van der Waals surface area (Å²) in [5.74, 6) is 0.813. The van der Waals surface area contributed by atoms with Gasteiger partial charge in [-0.15, -0.1) is 0 Å². The van der Waals surface area contributed by atoms with Crippen molar-refractivity contribution in [3.8, 4) is 11.1 Å². The van der Waals surface area contributed by atoms with E-state index in [1.165, 1.54) is 15.8 Å². The van der Waals surface area contributed by atoms with Gasteiger partial charge in [0.15, 0.2) is 5.82 Å². The summed E-state index contributed by atoms with van der Waals surface area (Å²) < 4.78 is 5.48. The molecule has 0 saturated heterocycles. The van der Waals surface area contributed by atoms with Crippen LogP contribution < -0.4 is 15.8 Å². The fraction of sp³-hybridized carbons (Fsp3) is 0.406. The molecule has 2 aliphatic heterocycles. The first-order valence-electron chi connectivity index (χ1n) is 14.9. The number of hydrogen-bond donors (Lipinski definition) is 2. The molecular formula is C32H36N8O4. The van der Waals surface area contributed by atoms with E-state index in [-0.39, 0.29) is 29.4 Å². The molecule has 7 rings (SSSR count). The summed E-state index contributed by atoms with van der Waals surface area (Å²) in [5, 5.41) is 18.4. The van der Waals surface area contributed by atoms with Gasteiger partial charge in [0, 0.05) is 68.9 Å². The van der Waals surface area contributed by atoms with E-state index in [9.17, 15) is 19.5 Å². The second-order valence-electron chi connectivity index (χ2n) is 12.8. The normalized spacial score (nSPS) is 17.0. The Hall–Kier alpha value is -4.71. The lowest BCUT2D eigenvalue weighted by Crippen LogP contribution is -2.41. The molecular weight excluding hydrogens is 560 g/mol. The van der Waals surface area contributed by atoms with Crippen LogP contribution in [0.3, 0.4) is 0 Å². The number of aliphatic hydroxyl groups is 1. The van der Waals surface area contributed by atoms with Crippen molar-refractivity contribution >= 4 is 29.1 Å². The van der Waals surface area contributed by atoms with Gasteiger partial charge in [0.05, 0.1) is 25.4 Å². The zero-order chi connectivity index (χ0) is 30.9. The second-order valence-corrected chi connectivity index (χ2v) is 12.8. The lowest BCUT2D eigenvalue weighted by atomic mass is 9.90. The van der Waals surface area contributed by atoms with E-state index in [0.717, 1.165) is 18.5 Å². The number of hydrogen-bond acceptors (Lipinski definition) is 7. The Morgan fingerprint density at radius 2 is 1.91 bits per heavy atom. The average Bonchev–Trinajstić information content (AvgIpc) is 3.64. The molecule has 228 valence electrons. The Balaban J connectivity index is 1.21. The predicted octanol–water partition coefficient (Wildman–Crippen LogP) is 2.83. The van der Waals surface area contributed by atoms with Crippen LogP contribution in [0.1, 0.15) is 53.8 Å². The van der Waals surface area contributed by atoms with Gasteiger partial charge in [-0.1, -0.05) is 13.8 Å². The van der Waals surface area contributed by atoms with E-state index in [0.29, 0.717) is 72.4 Å². The molecule has 2 amide bonds. The van der Waals surface area contributed by atoms with Gasteiger partial charge in [0.2, 0.25) is 5.91 Å². The van der Waals surface area contributed by atoms with Gasteiger partial charge < -0.3 is 24.5 Å². The van der Waals surface area contributed by atoms with Crippen molar-refractivity contribution in [2.45, 2.75) is 59.9 Å². The van der Waals surface area contributed by atoms with Crippen LogP contribution >= 0.6 is 0 Å². The van der Waals surface area contributed by atoms with Crippen molar-refractivity contribution in [3.63, 3.8) is 0 Å². The van der Waals surface area contributed by atoms with Crippen LogP contribution in [0.2, 0.25) is 0 Å². The summed E-state index contributed by atoms with van der Waals surface area (Å²) in [6.45, 7) is 8.46. The zero-order valence-corrected chi connectivity index (χ0v) is 25.4. The maximum Gasteiger partial charge on any atom is 0.276 e. The molecule has 0 aromatic carbocycles. The molecule has 3 aliphatic rings. The lowest BCUT2D eigenvalue weighted by molar-refractivity contribution is -0.130. The first-order valence-corrected chi connectivity index (χ1v) is 14.9. The Kier molecular flexibility index (Phi) is 6.50. The molecule has 2 N–H and O–H groups in total. The molecule has 12 heteroatoms. The number of aliphatic hydroxyl groups excluding tert-OH is 1. The molecule has 1 aliphatic carbocycles. The van der Waals surface area contributed by atoms with Crippen molar-refractivity contribution in [1.82, 2.24) is 28.8 Å². The quantitative estimate of drug-likeness (QED) is 0.362. The Morgan fingerprint density at radius 1 is 1.09 bits per heavy atom. The van der Waals surface area contributed by atoms with Crippen molar-refractivity contribution in [2.24, 2.45) is 12.5 Å². The van der Waals surface area contributed by atoms with Gasteiger partial charge in [0.25, 0.3) is 11.5 Å². The van der Waals surface area contributed by atoms with Crippen LogP contribution in [0.15, 0.2) is 41.5 Å². The van der Waals surface area contributed by atoms with E-state index in [1.54, 1.807) is 48.3 Å². The van der Waals surface area contributed by atoms with Crippen LogP contribution in [-0.4, -0.2) is 58.8 Å². The molecule has 44 heavy (non-hydrogen) atoms. The number of anilines is 3. The smallest absolute Gasteiger partial charge is 0.276 e. The minimum Gasteiger partial charge on any atom is -0.392 e. The lowest BCUT2D eigenvalue weighted by Gasteiger charge is -2.31. The number of amides is 2. The number of nitrogens with one attached hydrogen (secondary N) is 1. The van der Waals surface area contributed by atoms with Crippen molar-refractivity contribution in [2.75, 3.05) is 23.3 Å². The fourth-order valence-electron chi connectivity index (χ4n) is 6.94. The van der Waals surface area contributed by atoms with Crippen LogP contribution in [-0.2, 0) is 50.9 Å². The van der Waals surface area contributed by atoms with Crippen LogP contribution in [0.4, 0.5) is 17.3 Å². The van der Waals surface area contributed by atoms with Gasteiger partial charge in [-0.25, -0.2) is 4.98 Å². The molecule has 4 aromatic heterocycles. The first-order chi connectivity index (χ1) is 21.0. The molecule has 12 nitrogen and oxygen atoms in total. The molecule has 0 unspecified atom stereocenters. The van der Waals surface area contributed by atoms with Crippen molar-refractivity contribution < 1.29 is 14.7 Å². The maximum atomic E-state index is 13.8. The maximum absolute atomic E-state index is 13.8. The number of pyridine rings is 2. The van der Waals surface area contributed by atoms with E-state index in [2.05, 4.69) is 33.8 Å². The number of carbonyl (C=O) groups excluding carboxylic acids is 2. The minimum absolute atomic E-state index is 0.0119. The summed E-state index contributed by atoms with van der Waals surface area (Å²) in [5.41, 5.74) is 6.18. The third kappa shape index (κ3) is 4.60. The highest BCUT2D eigenvalue weighted by Gasteiger charge is 2.37. The van der Waals surface area contributed by atoms with Crippen LogP contribution in [0, 0.1) is 5.41 Å². The third-order valence-corrected chi connectivity index (χ3v) is 9.07. The summed E-state index contributed by atoms with van der Waals surface area (Å²) in [6, 6.07) is 7.39. The fourth-order valence-corrected chi connectivity index (χ4v) is 6.94. The average molecular weight is 597 g/mol. The number of fused-ring (bicyclic) bond motifs is 4. The molecule has 0 spiro atoms. The SMILES string of the molecule is CC(=O)N1CCn2nc(Nc3cc(-c4ccnc(N5CCn6c(cc7c6CC(C)(C)C7)C5=O)c4CO)cn(C)c3=O)cc2C1. The van der Waals surface area contributed by atoms with Gasteiger partial charge in [-0.05, 0) is 47.6 Å². The highest BCUT2D eigenvalue weighted by molar-refractivity contribution is 6.06. The van der Waals surface area contributed by atoms with Crippen molar-refractivity contribution in [1.29, 1.82) is 0 Å². The summed E-state index contributed by atoms with van der Waals surface area (Å²) in [7, 11) is 1.67. The Bertz CT molecular complexity index is 1900. The van der Waals surface area contributed by atoms with E-state index in [1.807, 2.05) is 16.8 Å². The van der Waals surface area contributed by atoms with Crippen LogP contribution in [0.25, 0.3) is 11.1 Å². The molecule has 0 bridgehead atoms. The molecule has 0 radical (unpaired) electrons. The Morgan fingerprint density at radius 3 is 2.68 bits per heavy atom. The first kappa shape index (κ1) is 28.1. The van der Waals surface area contributed by atoms with Crippen molar-refractivity contribution in [3.05, 3.63) is 75.2 Å². The van der Waals surface area contributed by atoms with Crippen LogP contribution in [0.5, 0.6) is 0 Å². The number of carbonyl (C=O) groups is 2. The van der Waals surface area contributed by atoms with Gasteiger partial charge in [-0.3, -0.25) is 24.0 Å². The zero-order valence-electron chi connectivity index (χ0n) is 25.4. The number of aryl methyl sites for hydroxylation is 1. The van der Waals surface area contributed by atoms with E-state index < -0.39 is 0 Å². The van der Waals surface area contributed by atoms with E-state index in [4.69, 9.17) is 0 Å². The summed E-state index contributed by atoms with van der Waals surface area (Å²) in [4.78, 5) is 46.8. The minimum atomic E-state index is -0.333. The molecule has 6 heterocycles. The van der Waals surface area contributed by atoms with E-state index >= 15 is 0 Å². The monoisotopic (exact) mass is 596 g/mol. The number of rotatable bonds is 5. The van der Waals surface area contributed by atoms with Gasteiger partial charge >= 0.3 is 0 Å². The third-order valence-electron chi connectivity index (χ3n) is 9.07. The molecule has 4 aromatic rings. The topological polar surface area (TPSA) is 131 Å². The summed E-state index contributed by atoms with van der Waals surface area (Å²) in [6.07, 6.45) is 5.25. The summed E-state index contributed by atoms with van der Waals surface area (Å²) >= 11 is 0. The highest BCUT2D eigenvalue weighted by Crippen LogP contribution is 2.40. The molecule has 0 atom stereocenters. The predicted molar refractivity (Wildman–Crippen MR) is 165 cm³/mol.